The summed E-state index contributed by atoms with van der Waals surface area (Å²) in [7, 11) is 0. The minimum absolute atomic E-state index is 0.114. The molecule has 0 aliphatic carbocycles. The molecule has 1 amide bonds. The number of aryl methyl sites for hydroxylation is 3. The first-order valence-electron chi connectivity index (χ1n) is 11.2. The number of para-hydroxylation sites is 2. The standard InChI is InChI=1S/C28H27N3O2/c1-4-20-10-9-11-21(5-2)26(20)30-28(33)25-24(32)18-19(3)31(23-12-7-6-8-13-23)27(25)22-14-16-29-17-15-22/h6-18H,4-5H2,1-3H3,(H,30,33). The number of hydrogen-bond donors (Lipinski definition) is 1. The van der Waals surface area contributed by atoms with Crippen LogP contribution in [0.15, 0.2) is 83.9 Å². The lowest BCUT2D eigenvalue weighted by Gasteiger charge is -2.21. The molecule has 0 atom stereocenters. The second kappa shape index (κ2) is 9.65. The van der Waals surface area contributed by atoms with E-state index in [1.165, 1.54) is 6.07 Å². The van der Waals surface area contributed by atoms with Crippen LogP contribution in [0.1, 0.15) is 41.0 Å². The SMILES string of the molecule is CCc1cccc(CC)c1NC(=O)c1c(-c2ccncc2)n(-c2ccccc2)c(C)cc1=O. The summed E-state index contributed by atoms with van der Waals surface area (Å²) in [6.07, 6.45) is 4.90. The van der Waals surface area contributed by atoms with Gasteiger partial charge in [-0.1, -0.05) is 50.2 Å². The number of nitrogens with one attached hydrogen (secondary N) is 1. The third-order valence-corrected chi connectivity index (χ3v) is 5.83. The van der Waals surface area contributed by atoms with Crippen LogP contribution in [-0.2, 0) is 12.8 Å². The van der Waals surface area contributed by atoms with Crippen LogP contribution in [0.2, 0.25) is 0 Å². The number of anilines is 1. The molecule has 0 radical (unpaired) electrons. The summed E-state index contributed by atoms with van der Waals surface area (Å²) in [6, 6.07) is 20.9. The van der Waals surface area contributed by atoms with Crippen molar-refractivity contribution in [3.63, 3.8) is 0 Å². The molecule has 1 N–H and O–H groups in total. The zero-order chi connectivity index (χ0) is 23.4. The van der Waals surface area contributed by atoms with Gasteiger partial charge in [0.05, 0.1) is 5.69 Å². The number of amides is 1. The number of carbonyl (C=O) groups is 1. The molecule has 2 aromatic carbocycles. The van der Waals surface area contributed by atoms with Crippen molar-refractivity contribution in [3.8, 4) is 16.9 Å². The molecule has 0 aliphatic heterocycles. The van der Waals surface area contributed by atoms with Crippen LogP contribution in [0.4, 0.5) is 5.69 Å². The van der Waals surface area contributed by atoms with Crippen molar-refractivity contribution in [3.05, 3.63) is 112 Å². The quantitative estimate of drug-likeness (QED) is 0.428. The number of rotatable bonds is 6. The Kier molecular flexibility index (Phi) is 6.50. The number of pyridine rings is 2. The maximum absolute atomic E-state index is 13.7. The molecule has 0 fully saturated rings. The van der Waals surface area contributed by atoms with Gasteiger partial charge in [-0.05, 0) is 55.2 Å². The van der Waals surface area contributed by atoms with Gasteiger partial charge < -0.3 is 9.88 Å². The van der Waals surface area contributed by atoms with Crippen LogP contribution >= 0.6 is 0 Å². The van der Waals surface area contributed by atoms with Gasteiger partial charge in [0, 0.05) is 41.1 Å². The van der Waals surface area contributed by atoms with Crippen molar-refractivity contribution in [2.45, 2.75) is 33.6 Å². The Labute approximate surface area is 193 Å². The maximum atomic E-state index is 13.7. The molecule has 33 heavy (non-hydrogen) atoms. The predicted molar refractivity (Wildman–Crippen MR) is 133 cm³/mol. The van der Waals surface area contributed by atoms with Gasteiger partial charge in [-0.15, -0.1) is 0 Å². The summed E-state index contributed by atoms with van der Waals surface area (Å²) < 4.78 is 1.96. The van der Waals surface area contributed by atoms with E-state index in [1.807, 2.05) is 72.2 Å². The van der Waals surface area contributed by atoms with E-state index in [-0.39, 0.29) is 11.0 Å². The van der Waals surface area contributed by atoms with E-state index in [9.17, 15) is 9.59 Å². The van der Waals surface area contributed by atoms with E-state index < -0.39 is 5.91 Å². The highest BCUT2D eigenvalue weighted by atomic mass is 16.2. The number of carbonyl (C=O) groups excluding carboxylic acids is 1. The predicted octanol–water partition coefficient (Wildman–Crippen LogP) is 5.59. The average molecular weight is 438 g/mol. The van der Waals surface area contributed by atoms with Gasteiger partial charge in [0.2, 0.25) is 0 Å². The Morgan fingerprint density at radius 3 is 2.15 bits per heavy atom. The van der Waals surface area contributed by atoms with E-state index in [0.717, 1.165) is 46.6 Å². The van der Waals surface area contributed by atoms with E-state index in [2.05, 4.69) is 24.1 Å². The molecule has 2 aromatic heterocycles. The minimum atomic E-state index is -0.410. The van der Waals surface area contributed by atoms with Crippen molar-refractivity contribution in [2.24, 2.45) is 0 Å². The Bertz CT molecular complexity index is 1320. The minimum Gasteiger partial charge on any atom is -0.321 e. The van der Waals surface area contributed by atoms with Crippen molar-refractivity contribution >= 4 is 11.6 Å². The number of benzene rings is 2. The topological polar surface area (TPSA) is 64.0 Å². The molecule has 2 heterocycles. The lowest BCUT2D eigenvalue weighted by molar-refractivity contribution is 0.102. The number of aromatic nitrogens is 2. The summed E-state index contributed by atoms with van der Waals surface area (Å²) in [5.74, 6) is -0.410. The summed E-state index contributed by atoms with van der Waals surface area (Å²) in [4.78, 5) is 31.1. The molecule has 0 spiro atoms. The van der Waals surface area contributed by atoms with Crippen molar-refractivity contribution < 1.29 is 4.79 Å². The second-order valence-corrected chi connectivity index (χ2v) is 7.89. The van der Waals surface area contributed by atoms with Crippen LogP contribution in [0.3, 0.4) is 0 Å². The fraction of sp³-hybridized carbons (Fsp3) is 0.179. The smallest absolute Gasteiger partial charge is 0.261 e. The second-order valence-electron chi connectivity index (χ2n) is 7.89. The lowest BCUT2D eigenvalue weighted by atomic mass is 10.0. The highest BCUT2D eigenvalue weighted by Gasteiger charge is 2.23. The van der Waals surface area contributed by atoms with E-state index in [4.69, 9.17) is 0 Å². The first-order valence-corrected chi connectivity index (χ1v) is 11.2. The summed E-state index contributed by atoms with van der Waals surface area (Å²) >= 11 is 0. The molecule has 5 heteroatoms. The molecule has 0 bridgehead atoms. The van der Waals surface area contributed by atoms with E-state index >= 15 is 0 Å². The summed E-state index contributed by atoms with van der Waals surface area (Å²) in [5, 5.41) is 3.08. The third kappa shape index (κ3) is 4.35. The Hall–Kier alpha value is -3.99. The highest BCUT2D eigenvalue weighted by molar-refractivity contribution is 6.09. The molecule has 5 nitrogen and oxygen atoms in total. The molecule has 0 unspecified atom stereocenters. The zero-order valence-electron chi connectivity index (χ0n) is 19.1. The first-order chi connectivity index (χ1) is 16.0. The zero-order valence-corrected chi connectivity index (χ0v) is 19.1. The van der Waals surface area contributed by atoms with Crippen molar-refractivity contribution in [2.75, 3.05) is 5.32 Å². The Morgan fingerprint density at radius 1 is 0.909 bits per heavy atom. The molecular formula is C28H27N3O2. The van der Waals surface area contributed by atoms with Gasteiger partial charge in [0.25, 0.3) is 5.91 Å². The van der Waals surface area contributed by atoms with E-state index in [0.29, 0.717) is 5.69 Å². The van der Waals surface area contributed by atoms with Gasteiger partial charge in [-0.25, -0.2) is 0 Å². The normalized spacial score (nSPS) is 10.8. The van der Waals surface area contributed by atoms with Crippen LogP contribution in [0.25, 0.3) is 16.9 Å². The van der Waals surface area contributed by atoms with Crippen molar-refractivity contribution in [1.29, 1.82) is 0 Å². The average Bonchev–Trinajstić information content (AvgIpc) is 2.84. The number of hydrogen-bond acceptors (Lipinski definition) is 3. The van der Waals surface area contributed by atoms with Crippen LogP contribution in [-0.4, -0.2) is 15.5 Å². The van der Waals surface area contributed by atoms with E-state index in [1.54, 1.807) is 12.4 Å². The van der Waals surface area contributed by atoms with Gasteiger partial charge in [-0.3, -0.25) is 14.6 Å². The van der Waals surface area contributed by atoms with Gasteiger partial charge in [0.1, 0.15) is 5.56 Å². The van der Waals surface area contributed by atoms with Gasteiger partial charge in [-0.2, -0.15) is 0 Å². The molecule has 0 saturated carbocycles. The molecule has 166 valence electrons. The van der Waals surface area contributed by atoms with Crippen LogP contribution in [0.5, 0.6) is 0 Å². The van der Waals surface area contributed by atoms with Gasteiger partial charge in [0.15, 0.2) is 5.43 Å². The summed E-state index contributed by atoms with van der Waals surface area (Å²) in [6.45, 7) is 5.99. The molecule has 0 saturated heterocycles. The Balaban J connectivity index is 1.96. The van der Waals surface area contributed by atoms with Gasteiger partial charge >= 0.3 is 0 Å². The lowest BCUT2D eigenvalue weighted by Crippen LogP contribution is -2.27. The fourth-order valence-corrected chi connectivity index (χ4v) is 4.22. The monoisotopic (exact) mass is 437 g/mol. The Morgan fingerprint density at radius 2 is 1.55 bits per heavy atom. The molecule has 0 aliphatic rings. The summed E-state index contributed by atoms with van der Waals surface area (Å²) in [5.41, 5.74) is 5.61. The van der Waals surface area contributed by atoms with Crippen molar-refractivity contribution in [1.82, 2.24) is 9.55 Å². The molecule has 4 rings (SSSR count). The third-order valence-electron chi connectivity index (χ3n) is 5.83. The maximum Gasteiger partial charge on any atom is 0.261 e. The molecular weight excluding hydrogens is 410 g/mol. The van der Waals surface area contributed by atoms with Crippen LogP contribution in [0, 0.1) is 6.92 Å². The number of nitrogens with zero attached hydrogens (tertiary/aromatic N) is 2. The highest BCUT2D eigenvalue weighted by Crippen LogP contribution is 2.29. The fourth-order valence-electron chi connectivity index (χ4n) is 4.22. The molecule has 4 aromatic rings. The largest absolute Gasteiger partial charge is 0.321 e. The van der Waals surface area contributed by atoms with Crippen LogP contribution < -0.4 is 10.7 Å². The first kappa shape index (κ1) is 22.2.